The molecule has 2 aliphatic heterocycles. The first-order chi connectivity index (χ1) is 13.7. The maximum Gasteiger partial charge on any atom is 0.325 e. The molecule has 5 amide bonds. The molecule has 9 heteroatoms. The lowest BCUT2D eigenvalue weighted by molar-refractivity contribution is -0.131. The number of hydrogen-bond acceptors (Lipinski definition) is 4. The molecule has 1 saturated heterocycles. The first-order valence-electron chi connectivity index (χ1n) is 8.79. The second-order valence-corrected chi connectivity index (χ2v) is 6.94. The molecule has 0 radical (unpaired) electrons. The number of halogens is 2. The number of nitrogens with zero attached hydrogens (tertiary/aromatic N) is 2. The van der Waals surface area contributed by atoms with E-state index in [1.807, 2.05) is 0 Å². The Hall–Kier alpha value is -3.62. The molecule has 7 nitrogen and oxygen atoms in total. The van der Waals surface area contributed by atoms with E-state index in [1.165, 1.54) is 19.1 Å². The average Bonchev–Trinajstić information content (AvgIpc) is 3.07. The van der Waals surface area contributed by atoms with Crippen molar-refractivity contribution >= 4 is 23.8 Å². The minimum Gasteiger partial charge on any atom is -0.319 e. The number of amides is 5. The molecule has 1 atom stereocenters. The van der Waals surface area contributed by atoms with Crippen LogP contribution < -0.4 is 5.32 Å². The van der Waals surface area contributed by atoms with Crippen LogP contribution in [0.15, 0.2) is 42.5 Å². The highest BCUT2D eigenvalue weighted by molar-refractivity contribution is 6.21. The zero-order valence-electron chi connectivity index (χ0n) is 15.2. The fourth-order valence-corrected chi connectivity index (χ4v) is 3.61. The van der Waals surface area contributed by atoms with Crippen LogP contribution >= 0.6 is 0 Å². The minimum atomic E-state index is -1.80. The van der Waals surface area contributed by atoms with Crippen LogP contribution in [0.25, 0.3) is 0 Å². The van der Waals surface area contributed by atoms with Crippen LogP contribution in [-0.2, 0) is 10.3 Å². The highest BCUT2D eigenvalue weighted by Crippen LogP contribution is 2.31. The number of hydrogen-bond donors (Lipinski definition) is 1. The molecular weight excluding hydrogens is 384 g/mol. The maximum atomic E-state index is 14.2. The molecule has 0 aliphatic carbocycles. The van der Waals surface area contributed by atoms with Gasteiger partial charge in [-0.1, -0.05) is 12.1 Å². The van der Waals surface area contributed by atoms with Gasteiger partial charge in [-0.05, 0) is 37.3 Å². The highest BCUT2D eigenvalue weighted by Gasteiger charge is 2.50. The van der Waals surface area contributed by atoms with Crippen LogP contribution in [0.2, 0.25) is 0 Å². The largest absolute Gasteiger partial charge is 0.325 e. The third-order valence-electron chi connectivity index (χ3n) is 5.17. The van der Waals surface area contributed by atoms with Crippen LogP contribution in [0, 0.1) is 11.6 Å². The number of rotatable bonds is 4. The Bertz CT molecular complexity index is 1050. The van der Waals surface area contributed by atoms with Crippen molar-refractivity contribution in [1.29, 1.82) is 0 Å². The third-order valence-corrected chi connectivity index (χ3v) is 5.17. The van der Waals surface area contributed by atoms with Crippen LogP contribution in [0.1, 0.15) is 33.2 Å². The quantitative estimate of drug-likeness (QED) is 0.630. The first kappa shape index (κ1) is 18.7. The zero-order valence-corrected chi connectivity index (χ0v) is 15.2. The van der Waals surface area contributed by atoms with Crippen LogP contribution in [-0.4, -0.2) is 46.6 Å². The molecule has 2 heterocycles. The number of imide groups is 2. The molecule has 1 N–H and O–H groups in total. The summed E-state index contributed by atoms with van der Waals surface area (Å²) in [7, 11) is 0. The van der Waals surface area contributed by atoms with E-state index in [0.29, 0.717) is 0 Å². The van der Waals surface area contributed by atoms with Gasteiger partial charge in [0.2, 0.25) is 0 Å². The van der Waals surface area contributed by atoms with Gasteiger partial charge in [0.05, 0.1) is 11.1 Å². The number of fused-ring (bicyclic) bond motifs is 1. The van der Waals surface area contributed by atoms with Gasteiger partial charge in [0.15, 0.2) is 0 Å². The smallest absolute Gasteiger partial charge is 0.319 e. The Kier molecular flexibility index (Phi) is 4.18. The first-order valence-corrected chi connectivity index (χ1v) is 8.79. The lowest BCUT2D eigenvalue weighted by Gasteiger charge is -2.23. The number of nitrogens with one attached hydrogen (secondary N) is 1. The molecule has 2 aromatic rings. The predicted molar refractivity (Wildman–Crippen MR) is 95.8 cm³/mol. The number of benzene rings is 2. The molecule has 2 aromatic carbocycles. The zero-order chi connectivity index (χ0) is 20.9. The van der Waals surface area contributed by atoms with Crippen molar-refractivity contribution in [2.24, 2.45) is 0 Å². The molecule has 29 heavy (non-hydrogen) atoms. The summed E-state index contributed by atoms with van der Waals surface area (Å²) < 4.78 is 27.8. The van der Waals surface area contributed by atoms with E-state index >= 15 is 0 Å². The van der Waals surface area contributed by atoms with E-state index in [4.69, 9.17) is 0 Å². The highest BCUT2D eigenvalue weighted by atomic mass is 19.1. The van der Waals surface area contributed by atoms with Crippen molar-refractivity contribution < 1.29 is 28.0 Å². The molecule has 0 bridgehead atoms. The molecule has 4 rings (SSSR count). The predicted octanol–water partition coefficient (Wildman–Crippen LogP) is 2.03. The monoisotopic (exact) mass is 399 g/mol. The van der Waals surface area contributed by atoms with Gasteiger partial charge < -0.3 is 5.32 Å². The second kappa shape index (κ2) is 6.47. The van der Waals surface area contributed by atoms with Crippen molar-refractivity contribution in [2.75, 3.05) is 13.1 Å². The van der Waals surface area contributed by atoms with E-state index in [-0.39, 0.29) is 29.8 Å². The summed E-state index contributed by atoms with van der Waals surface area (Å²) in [6.45, 7) is 0.781. The minimum absolute atomic E-state index is 0.215. The van der Waals surface area contributed by atoms with E-state index in [0.717, 1.165) is 28.0 Å². The Morgan fingerprint density at radius 1 is 0.897 bits per heavy atom. The Morgan fingerprint density at radius 2 is 1.48 bits per heavy atom. The molecule has 0 aromatic heterocycles. The van der Waals surface area contributed by atoms with Crippen molar-refractivity contribution in [3.8, 4) is 0 Å². The molecular formula is C20H15F2N3O4. The van der Waals surface area contributed by atoms with Gasteiger partial charge in [-0.2, -0.15) is 0 Å². The van der Waals surface area contributed by atoms with E-state index in [1.54, 1.807) is 12.1 Å². The Labute approximate surface area is 163 Å². The van der Waals surface area contributed by atoms with Gasteiger partial charge in [-0.15, -0.1) is 0 Å². The summed E-state index contributed by atoms with van der Waals surface area (Å²) in [6.07, 6.45) is 0. The van der Waals surface area contributed by atoms with Gasteiger partial charge in [-0.25, -0.2) is 13.6 Å². The average molecular weight is 399 g/mol. The summed E-state index contributed by atoms with van der Waals surface area (Å²) in [5.74, 6) is -3.43. The SMILES string of the molecule is CC1(c2cc(F)ccc2F)NC(=O)N(CCN2C(=O)c3ccccc3C2=O)C1=O. The molecule has 148 valence electrons. The van der Waals surface area contributed by atoms with Crippen LogP contribution in [0.5, 0.6) is 0 Å². The van der Waals surface area contributed by atoms with Crippen molar-refractivity contribution in [2.45, 2.75) is 12.5 Å². The summed E-state index contributed by atoms with van der Waals surface area (Å²) in [5.41, 5.74) is -1.60. The summed E-state index contributed by atoms with van der Waals surface area (Å²) in [4.78, 5) is 51.8. The molecule has 0 spiro atoms. The Balaban J connectivity index is 1.55. The van der Waals surface area contributed by atoms with Crippen molar-refractivity contribution in [3.63, 3.8) is 0 Å². The molecule has 0 saturated carbocycles. The molecule has 1 unspecified atom stereocenters. The van der Waals surface area contributed by atoms with Gasteiger partial charge in [-0.3, -0.25) is 24.2 Å². The second-order valence-electron chi connectivity index (χ2n) is 6.94. The van der Waals surface area contributed by atoms with Crippen LogP contribution in [0.4, 0.5) is 13.6 Å². The number of urea groups is 1. The summed E-state index contributed by atoms with van der Waals surface area (Å²) >= 11 is 0. The van der Waals surface area contributed by atoms with E-state index in [9.17, 15) is 28.0 Å². The standard InChI is InChI=1S/C20H15F2N3O4/c1-20(14-10-11(21)6-7-15(14)22)18(28)25(19(29)23-20)9-8-24-16(26)12-4-2-3-5-13(12)17(24)27/h2-7,10H,8-9H2,1H3,(H,23,29). The lowest BCUT2D eigenvalue weighted by Crippen LogP contribution is -2.43. The Morgan fingerprint density at radius 3 is 2.10 bits per heavy atom. The normalized spacial score (nSPS) is 21.1. The lowest BCUT2D eigenvalue weighted by atomic mass is 9.91. The summed E-state index contributed by atoms with van der Waals surface area (Å²) in [6, 6.07) is 8.10. The van der Waals surface area contributed by atoms with Gasteiger partial charge >= 0.3 is 6.03 Å². The molecule has 2 aliphatic rings. The van der Waals surface area contributed by atoms with Gasteiger partial charge in [0.1, 0.15) is 17.2 Å². The van der Waals surface area contributed by atoms with E-state index in [2.05, 4.69) is 5.32 Å². The number of carbonyl (C=O) groups excluding carboxylic acids is 4. The topological polar surface area (TPSA) is 86.8 Å². The van der Waals surface area contributed by atoms with Gasteiger partial charge in [0, 0.05) is 18.7 Å². The van der Waals surface area contributed by atoms with E-state index < -0.39 is 40.9 Å². The van der Waals surface area contributed by atoms with Crippen LogP contribution in [0.3, 0.4) is 0 Å². The fraction of sp³-hybridized carbons (Fsp3) is 0.200. The van der Waals surface area contributed by atoms with Gasteiger partial charge in [0.25, 0.3) is 17.7 Å². The van der Waals surface area contributed by atoms with Crippen molar-refractivity contribution in [1.82, 2.24) is 15.1 Å². The molecule has 1 fully saturated rings. The maximum absolute atomic E-state index is 14.2. The fourth-order valence-electron chi connectivity index (χ4n) is 3.61. The van der Waals surface area contributed by atoms with Crippen molar-refractivity contribution in [3.05, 3.63) is 70.8 Å². The number of carbonyl (C=O) groups is 4. The third kappa shape index (κ3) is 2.77. The summed E-state index contributed by atoms with van der Waals surface area (Å²) in [5, 5.41) is 2.37.